The highest BCUT2D eigenvalue weighted by molar-refractivity contribution is 5.74. The lowest BCUT2D eigenvalue weighted by Crippen LogP contribution is -2.42. The van der Waals surface area contributed by atoms with Crippen LogP contribution in [0, 0.1) is 5.82 Å². The number of hydrogen-bond donors (Lipinski definition) is 3. The zero-order valence-electron chi connectivity index (χ0n) is 13.7. The molecule has 0 aromatic heterocycles. The molecule has 0 aliphatic carbocycles. The van der Waals surface area contributed by atoms with Crippen LogP contribution in [0.2, 0.25) is 0 Å². The van der Waals surface area contributed by atoms with Gasteiger partial charge in [-0.3, -0.25) is 0 Å². The third-order valence-corrected chi connectivity index (χ3v) is 3.73. The van der Waals surface area contributed by atoms with E-state index in [1.165, 1.54) is 12.1 Å². The summed E-state index contributed by atoms with van der Waals surface area (Å²) in [7, 11) is 0. The Kier molecular flexibility index (Phi) is 6.75. The average Bonchev–Trinajstić information content (AvgIpc) is 2.55. The number of carbonyl (C=O) groups excluding carboxylic acids is 1. The predicted octanol–water partition coefficient (Wildman–Crippen LogP) is 3.18. The van der Waals surface area contributed by atoms with E-state index >= 15 is 0 Å². The van der Waals surface area contributed by atoms with Gasteiger partial charge in [-0.25, -0.2) is 9.18 Å². The molecule has 0 spiro atoms. The molecule has 0 radical (unpaired) electrons. The molecular weight excluding hydrogens is 307 g/mol. The first-order valence-corrected chi connectivity index (χ1v) is 8.06. The summed E-state index contributed by atoms with van der Waals surface area (Å²) < 4.78 is 13.1. The summed E-state index contributed by atoms with van der Waals surface area (Å²) in [5, 5.41) is 15.7. The third-order valence-electron chi connectivity index (χ3n) is 3.73. The molecule has 2 aromatic rings. The van der Waals surface area contributed by atoms with Crippen LogP contribution in [0.5, 0.6) is 0 Å². The maximum atomic E-state index is 13.1. The fourth-order valence-electron chi connectivity index (χ4n) is 2.49. The summed E-state index contributed by atoms with van der Waals surface area (Å²) >= 11 is 0. The van der Waals surface area contributed by atoms with Crippen LogP contribution in [0.15, 0.2) is 54.6 Å². The summed E-state index contributed by atoms with van der Waals surface area (Å²) in [5.74, 6) is -0.277. The van der Waals surface area contributed by atoms with Gasteiger partial charge in [0.15, 0.2) is 0 Å². The van der Waals surface area contributed by atoms with Gasteiger partial charge in [0.05, 0.1) is 6.10 Å². The van der Waals surface area contributed by atoms with E-state index in [1.54, 1.807) is 6.07 Å². The van der Waals surface area contributed by atoms with Gasteiger partial charge >= 0.3 is 6.03 Å². The normalized spacial score (nSPS) is 13.1. The zero-order chi connectivity index (χ0) is 17.4. The fourth-order valence-corrected chi connectivity index (χ4v) is 2.49. The van der Waals surface area contributed by atoms with Crippen molar-refractivity contribution in [3.63, 3.8) is 0 Å². The molecule has 2 rings (SSSR count). The van der Waals surface area contributed by atoms with Gasteiger partial charge in [-0.15, -0.1) is 0 Å². The summed E-state index contributed by atoms with van der Waals surface area (Å²) in [5.41, 5.74) is 1.67. The maximum Gasteiger partial charge on any atom is 0.315 e. The minimum atomic E-state index is -0.617. The lowest BCUT2D eigenvalue weighted by molar-refractivity contribution is 0.154. The van der Waals surface area contributed by atoms with Gasteiger partial charge < -0.3 is 15.7 Å². The number of halogens is 1. The Balaban J connectivity index is 1.70. The first kappa shape index (κ1) is 17.9. The van der Waals surface area contributed by atoms with E-state index < -0.39 is 6.10 Å². The van der Waals surface area contributed by atoms with E-state index in [-0.39, 0.29) is 17.9 Å². The van der Waals surface area contributed by atoms with Crippen LogP contribution in [-0.2, 0) is 6.42 Å². The highest BCUT2D eigenvalue weighted by Crippen LogP contribution is 2.17. The predicted molar refractivity (Wildman–Crippen MR) is 92.1 cm³/mol. The van der Waals surface area contributed by atoms with E-state index in [1.807, 2.05) is 43.3 Å². The lowest BCUT2D eigenvalue weighted by atomic mass is 10.0. The van der Waals surface area contributed by atoms with Gasteiger partial charge in [-0.2, -0.15) is 0 Å². The quantitative estimate of drug-likeness (QED) is 0.730. The molecule has 0 saturated heterocycles. The Morgan fingerprint density at radius 2 is 1.92 bits per heavy atom. The second kappa shape index (κ2) is 9.03. The molecule has 0 fully saturated rings. The van der Waals surface area contributed by atoms with Crippen molar-refractivity contribution in [2.45, 2.75) is 31.9 Å². The van der Waals surface area contributed by atoms with Crippen molar-refractivity contribution < 1.29 is 14.3 Å². The number of rotatable bonds is 7. The van der Waals surface area contributed by atoms with Gasteiger partial charge in [0.2, 0.25) is 0 Å². The summed E-state index contributed by atoms with van der Waals surface area (Å²) in [6.45, 7) is 2.27. The monoisotopic (exact) mass is 330 g/mol. The molecule has 0 bridgehead atoms. The van der Waals surface area contributed by atoms with E-state index in [0.29, 0.717) is 19.4 Å². The number of benzene rings is 2. The molecular formula is C19H23FN2O2. The number of amides is 2. The SMILES string of the molecule is CC(CC(O)c1ccccc1)NC(=O)NCCc1cccc(F)c1. The van der Waals surface area contributed by atoms with Gasteiger partial charge in [0.25, 0.3) is 0 Å². The molecule has 0 aliphatic rings. The number of hydrogen-bond acceptors (Lipinski definition) is 2. The highest BCUT2D eigenvalue weighted by atomic mass is 19.1. The van der Waals surface area contributed by atoms with Crippen molar-refractivity contribution in [3.05, 3.63) is 71.5 Å². The van der Waals surface area contributed by atoms with Crippen molar-refractivity contribution in [2.24, 2.45) is 0 Å². The standard InChI is InChI=1S/C19H23FN2O2/c1-14(12-18(23)16-7-3-2-4-8-16)22-19(24)21-11-10-15-6-5-9-17(20)13-15/h2-9,13-14,18,23H,10-12H2,1H3,(H2,21,22,24). The van der Waals surface area contributed by atoms with Crippen molar-refractivity contribution in [2.75, 3.05) is 6.54 Å². The van der Waals surface area contributed by atoms with Crippen LogP contribution >= 0.6 is 0 Å². The first-order chi connectivity index (χ1) is 11.5. The van der Waals surface area contributed by atoms with Crippen LogP contribution in [0.25, 0.3) is 0 Å². The van der Waals surface area contributed by atoms with Gasteiger partial charge in [0, 0.05) is 12.6 Å². The molecule has 5 heteroatoms. The topological polar surface area (TPSA) is 61.4 Å². The number of nitrogens with one attached hydrogen (secondary N) is 2. The largest absolute Gasteiger partial charge is 0.388 e. The molecule has 0 aliphatic heterocycles. The molecule has 2 amide bonds. The number of aliphatic hydroxyl groups is 1. The van der Waals surface area contributed by atoms with Crippen molar-refractivity contribution in [3.8, 4) is 0 Å². The summed E-state index contributed by atoms with van der Waals surface area (Å²) in [6, 6.07) is 15.2. The molecule has 3 N–H and O–H groups in total. The Bertz CT molecular complexity index is 649. The van der Waals surface area contributed by atoms with Crippen LogP contribution < -0.4 is 10.6 Å². The molecule has 128 valence electrons. The Labute approximate surface area is 141 Å². The smallest absolute Gasteiger partial charge is 0.315 e. The van der Waals surface area contributed by atoms with Crippen LogP contribution in [0.4, 0.5) is 9.18 Å². The summed E-state index contributed by atoms with van der Waals surface area (Å²) in [6.07, 6.45) is 0.377. The molecule has 4 nitrogen and oxygen atoms in total. The van der Waals surface area contributed by atoms with E-state index in [2.05, 4.69) is 10.6 Å². The van der Waals surface area contributed by atoms with Gasteiger partial charge in [-0.05, 0) is 43.0 Å². The van der Waals surface area contributed by atoms with E-state index in [9.17, 15) is 14.3 Å². The first-order valence-electron chi connectivity index (χ1n) is 8.06. The molecule has 2 aromatic carbocycles. The third kappa shape index (κ3) is 6.01. The molecule has 2 unspecified atom stereocenters. The lowest BCUT2D eigenvalue weighted by Gasteiger charge is -2.18. The van der Waals surface area contributed by atoms with E-state index in [0.717, 1.165) is 11.1 Å². The Hall–Kier alpha value is -2.40. The van der Waals surface area contributed by atoms with Crippen molar-refractivity contribution >= 4 is 6.03 Å². The van der Waals surface area contributed by atoms with Crippen molar-refractivity contribution in [1.82, 2.24) is 10.6 Å². The van der Waals surface area contributed by atoms with Gasteiger partial charge in [-0.1, -0.05) is 42.5 Å². The van der Waals surface area contributed by atoms with Crippen molar-refractivity contribution in [1.29, 1.82) is 0 Å². The average molecular weight is 330 g/mol. The second-order valence-electron chi connectivity index (χ2n) is 5.84. The Morgan fingerprint density at radius 3 is 2.62 bits per heavy atom. The van der Waals surface area contributed by atoms with Crippen LogP contribution in [0.3, 0.4) is 0 Å². The minimum absolute atomic E-state index is 0.172. The van der Waals surface area contributed by atoms with Crippen LogP contribution in [-0.4, -0.2) is 23.7 Å². The zero-order valence-corrected chi connectivity index (χ0v) is 13.7. The molecule has 0 saturated carbocycles. The fraction of sp³-hybridized carbons (Fsp3) is 0.316. The summed E-state index contributed by atoms with van der Waals surface area (Å²) in [4.78, 5) is 11.9. The number of carbonyl (C=O) groups is 1. The number of urea groups is 1. The second-order valence-corrected chi connectivity index (χ2v) is 5.84. The molecule has 24 heavy (non-hydrogen) atoms. The van der Waals surface area contributed by atoms with E-state index in [4.69, 9.17) is 0 Å². The minimum Gasteiger partial charge on any atom is -0.388 e. The maximum absolute atomic E-state index is 13.1. The number of aliphatic hydroxyl groups excluding tert-OH is 1. The Morgan fingerprint density at radius 1 is 1.17 bits per heavy atom. The van der Waals surface area contributed by atoms with Gasteiger partial charge in [0.1, 0.15) is 5.82 Å². The molecule has 0 heterocycles. The highest BCUT2D eigenvalue weighted by Gasteiger charge is 2.14. The van der Waals surface area contributed by atoms with Crippen LogP contribution in [0.1, 0.15) is 30.6 Å². The molecule has 2 atom stereocenters.